The van der Waals surface area contributed by atoms with Crippen LogP contribution in [0.5, 0.6) is 57.5 Å². The Morgan fingerprint density at radius 2 is 0.698 bits per heavy atom. The van der Waals surface area contributed by atoms with E-state index < -0.39 is 0 Å². The number of fused-ring (bicyclic) bond motifs is 9. The Bertz CT molecular complexity index is 7300. The van der Waals surface area contributed by atoms with Crippen LogP contribution in [0.25, 0.3) is 99.1 Å². The molecule has 0 spiro atoms. The van der Waals surface area contributed by atoms with Gasteiger partial charge in [0.1, 0.15) is 113 Å². The highest BCUT2D eigenvalue weighted by Crippen LogP contribution is 2.44. The molecule has 34 heteroatoms. The summed E-state index contributed by atoms with van der Waals surface area (Å²) in [5.74, 6) is 10.2. The van der Waals surface area contributed by atoms with E-state index in [1.165, 1.54) is 6.07 Å². The van der Waals surface area contributed by atoms with Gasteiger partial charge in [0.15, 0.2) is 28.2 Å². The van der Waals surface area contributed by atoms with Crippen molar-refractivity contribution in [3.8, 4) is 57.5 Å². The number of halogens is 6. The maximum absolute atomic E-state index is 9.70. The van der Waals surface area contributed by atoms with Crippen LogP contribution in [0.2, 0.25) is 30.1 Å². The zero-order valence-electron chi connectivity index (χ0n) is 83.6. The first-order valence-electron chi connectivity index (χ1n) is 45.7. The number of phenolic OH excluding ortho intramolecular Hbond substituents is 10. The third-order valence-electron chi connectivity index (χ3n) is 23.2. The predicted molar refractivity (Wildman–Crippen MR) is 564 cm³/mol. The molecule has 0 atom stereocenters. The van der Waals surface area contributed by atoms with E-state index in [0.717, 1.165) is 165 Å². The molecule has 0 bridgehead atoms. The van der Waals surface area contributed by atoms with Crippen molar-refractivity contribution in [2.45, 2.75) is 242 Å². The largest absolute Gasteiger partial charge is 0.508 e. The lowest BCUT2D eigenvalue weighted by Crippen LogP contribution is -1.99. The second-order valence-electron chi connectivity index (χ2n) is 38.0. The molecule has 0 aliphatic rings. The Hall–Kier alpha value is -12.1. The number of H-pyrrole nitrogens is 3. The number of nitrogens with zero attached hydrogens (tertiary/aromatic N) is 12. The number of benzene rings is 9. The molecule has 0 unspecified atom stereocenters. The molecule has 0 saturated heterocycles. The van der Waals surface area contributed by atoms with Gasteiger partial charge in [-0.15, -0.1) is 0 Å². The van der Waals surface area contributed by atoms with Gasteiger partial charge in [-0.2, -0.15) is 0 Å². The fourth-order valence-corrected chi connectivity index (χ4v) is 16.9. The number of hydrogen-bond donors (Lipinski definition) is 13. The van der Waals surface area contributed by atoms with Crippen LogP contribution in [0.1, 0.15) is 264 Å². The topological polar surface area (TPSA) is 420 Å². The van der Waals surface area contributed by atoms with Crippen LogP contribution in [0, 0.1) is 73.1 Å². The van der Waals surface area contributed by atoms with Crippen LogP contribution in [-0.2, 0) is 40.4 Å². The highest BCUT2D eigenvalue weighted by Gasteiger charge is 2.25. The van der Waals surface area contributed by atoms with Crippen molar-refractivity contribution in [2.75, 3.05) is 0 Å². The summed E-state index contributed by atoms with van der Waals surface area (Å²) in [5.41, 5.74) is 20.2. The zero-order chi connectivity index (χ0) is 103. The Labute approximate surface area is 839 Å². The van der Waals surface area contributed by atoms with Gasteiger partial charge in [-0.05, 0) is 151 Å². The first kappa shape index (κ1) is 111. The fourth-order valence-electron chi connectivity index (χ4n) is 15.2. The molecule has 18 rings (SSSR count). The maximum Gasteiger partial charge on any atom is 0.189 e. The second kappa shape index (κ2) is 45.9. The minimum atomic E-state index is -0.317. The summed E-state index contributed by atoms with van der Waals surface area (Å²) in [6.45, 7) is 52.3. The summed E-state index contributed by atoms with van der Waals surface area (Å²) < 4.78 is 21.5. The summed E-state index contributed by atoms with van der Waals surface area (Å²) in [5, 5.41) is 113. The van der Waals surface area contributed by atoms with Gasteiger partial charge < -0.3 is 93.3 Å². The minimum Gasteiger partial charge on any atom is -0.508 e. The average molecular weight is 2020 g/mol. The van der Waals surface area contributed by atoms with E-state index in [9.17, 15) is 51.1 Å². The van der Waals surface area contributed by atoms with Crippen molar-refractivity contribution in [3.63, 3.8) is 0 Å². The van der Waals surface area contributed by atoms with Crippen LogP contribution < -0.4 is 0 Å². The van der Waals surface area contributed by atoms with Crippen molar-refractivity contribution in [1.29, 1.82) is 0 Å². The number of aromatic nitrogens is 15. The first-order chi connectivity index (χ1) is 64.5. The molecule has 746 valence electrons. The standard InChI is InChI=1S/C12H15ClN2O.2C12H14ClNO2.C12H16N2O.C12H15NO2.C11H13ClN2O2.2C11H13ClN2O.C11H14N2O.CH4/c1-6(2)12-14-8-5-9(16)7(3)10(13)11(8)15(12)4;1-6(2)4-8-11-10(16-14-8)5-9(15)7(3)12(11)13;1-6(2)4-9-8-5-7(3)11(15)10(13)12(8)16-14-9;1-7(2)12-13-9-6-11(15)8(3)5-10(9)14(12)4;1-7(2)4-10-9-5-8(3)11(14)6-12(9)15-13-10;1-5(2)11-13-9-6(14(11)3)4-7(15)10(16)8(9)12;1-5(2)11-13-7-4-8(15)6(3)9(12)10(7)14-11;1-5(2)11-13-7-4-6(3)10(15)8(12)9(7)14-11;1-6(2)11-12-8-4-7(3)10(14)5-9(8)13-11;/h5-6,16H,1-4H3;2*5-6,15H,4H2,1-3H3;5-7,15H,1-4H3;5-7,14H,4H2,1-3H3;4-5,15-16H,1-3H3;2*4-5,15H,1-3H3,(H,13,14);4-6,14H,1-3H3,(H,12,13);1H4. The van der Waals surface area contributed by atoms with Gasteiger partial charge in [0.25, 0.3) is 0 Å². The number of rotatable bonds is 12. The van der Waals surface area contributed by atoms with Crippen molar-refractivity contribution in [1.82, 2.24) is 74.0 Å². The van der Waals surface area contributed by atoms with Crippen LogP contribution in [0.3, 0.4) is 0 Å². The molecule has 13 N–H and O–H groups in total. The Balaban J connectivity index is 0.000000175. The van der Waals surface area contributed by atoms with Crippen LogP contribution in [0.4, 0.5) is 0 Å². The third kappa shape index (κ3) is 24.9. The summed E-state index contributed by atoms with van der Waals surface area (Å²) >= 11 is 36.5. The molecular weight excluding hydrogens is 1890 g/mol. The number of imidazole rings is 6. The molecule has 0 aliphatic heterocycles. The van der Waals surface area contributed by atoms with Crippen molar-refractivity contribution in [2.24, 2.45) is 38.9 Å². The molecule has 0 radical (unpaired) electrons. The summed E-state index contributed by atoms with van der Waals surface area (Å²) in [6.07, 6.45) is 2.56. The van der Waals surface area contributed by atoms with Gasteiger partial charge >= 0.3 is 0 Å². The minimum absolute atomic E-state index is 0. The maximum atomic E-state index is 9.70. The van der Waals surface area contributed by atoms with Crippen LogP contribution in [-0.4, -0.2) is 125 Å². The van der Waals surface area contributed by atoms with E-state index in [-0.39, 0.29) is 69.4 Å². The number of aromatic amines is 3. The molecular formula is C105H131Cl6N15O13. The van der Waals surface area contributed by atoms with E-state index in [1.807, 2.05) is 109 Å². The zero-order valence-corrected chi connectivity index (χ0v) is 88.1. The monoisotopic (exact) mass is 2020 g/mol. The average Bonchev–Trinajstić information content (AvgIpc) is 1.61. The number of aryl methyl sites for hydroxylation is 8. The summed E-state index contributed by atoms with van der Waals surface area (Å²) in [4.78, 5) is 36.1. The Morgan fingerprint density at radius 1 is 0.309 bits per heavy atom. The van der Waals surface area contributed by atoms with E-state index in [4.69, 9.17) is 83.2 Å². The van der Waals surface area contributed by atoms with Crippen molar-refractivity contribution in [3.05, 3.63) is 199 Å². The van der Waals surface area contributed by atoms with Gasteiger partial charge in [0, 0.05) is 127 Å². The highest BCUT2D eigenvalue weighted by molar-refractivity contribution is 6.39. The van der Waals surface area contributed by atoms with Gasteiger partial charge in [0.2, 0.25) is 0 Å². The van der Waals surface area contributed by atoms with E-state index in [0.29, 0.717) is 129 Å². The SMILES string of the molecule is C.CC(C)c1nc2c(Cl)c(O)c(O)cc2n1C.Cc1c(O)cc2[nH]c(C(C)C)nc2c1Cl.Cc1c(O)cc2nc(C(C)C)n(C)c2c1Cl.Cc1c(O)cc2onc(CC(C)C)c2c1Cl.Cc1cc2[nH]c(C(C)C)nc2c(Cl)c1O.Cc1cc2[nH]c(C(C)C)nc2cc1O.Cc1cc2c(CC(C)C)noc2c(Cl)c1O.Cc1cc2c(CC(C)C)noc2cc1O.Cc1cc2c(cc1O)nc(C(C)C)n2C. The first-order valence-corrected chi connectivity index (χ1v) is 47.9. The number of hydrogen-bond acceptors (Lipinski definition) is 22. The molecule has 9 aromatic heterocycles. The molecule has 9 aromatic carbocycles. The second-order valence-corrected chi connectivity index (χ2v) is 40.3. The number of phenols is 10. The summed E-state index contributed by atoms with van der Waals surface area (Å²) in [6, 6.07) is 21.0. The van der Waals surface area contributed by atoms with Gasteiger partial charge in [0.05, 0.1) is 87.2 Å². The number of nitrogens with one attached hydrogen (secondary N) is 3. The molecule has 0 amide bonds. The predicted octanol–water partition coefficient (Wildman–Crippen LogP) is 29.3. The Kier molecular flexibility index (Phi) is 36.5. The van der Waals surface area contributed by atoms with Gasteiger partial charge in [-0.1, -0.05) is 217 Å². The lowest BCUT2D eigenvalue weighted by molar-refractivity contribution is 0.405. The lowest BCUT2D eigenvalue weighted by atomic mass is 10.0. The van der Waals surface area contributed by atoms with E-state index >= 15 is 0 Å². The molecule has 28 nitrogen and oxygen atoms in total. The molecule has 9 heterocycles. The highest BCUT2D eigenvalue weighted by atomic mass is 35.5. The summed E-state index contributed by atoms with van der Waals surface area (Å²) in [7, 11) is 5.83. The normalized spacial score (nSPS) is 11.5. The number of aromatic hydroxyl groups is 10. The van der Waals surface area contributed by atoms with Crippen molar-refractivity contribution >= 4 is 169 Å². The van der Waals surface area contributed by atoms with Gasteiger partial charge in [-0.25, -0.2) is 29.9 Å². The third-order valence-corrected chi connectivity index (χ3v) is 25.6. The smallest absolute Gasteiger partial charge is 0.189 e. The van der Waals surface area contributed by atoms with E-state index in [1.54, 1.807) is 57.2 Å². The van der Waals surface area contributed by atoms with Crippen molar-refractivity contribution < 1.29 is 64.6 Å². The molecule has 0 saturated carbocycles. The molecule has 0 fully saturated rings. The molecule has 139 heavy (non-hydrogen) atoms. The quantitative estimate of drug-likeness (QED) is 0.0505. The lowest BCUT2D eigenvalue weighted by Gasteiger charge is -2.07. The van der Waals surface area contributed by atoms with E-state index in [2.05, 4.69) is 176 Å². The van der Waals surface area contributed by atoms with Crippen LogP contribution in [0.15, 0.2) is 86.4 Å². The fraction of sp³-hybridized carbons (Fsp3) is 0.400. The molecule has 18 aromatic rings. The Morgan fingerprint density at radius 3 is 1.27 bits per heavy atom. The molecule has 0 aliphatic carbocycles. The van der Waals surface area contributed by atoms with Crippen LogP contribution >= 0.6 is 69.6 Å². The van der Waals surface area contributed by atoms with Gasteiger partial charge in [-0.3, -0.25) is 0 Å².